The minimum absolute atomic E-state index is 0.0155. The van der Waals surface area contributed by atoms with Gasteiger partial charge in [0.15, 0.2) is 0 Å². The summed E-state index contributed by atoms with van der Waals surface area (Å²) < 4.78 is 0. The second-order valence-electron chi connectivity index (χ2n) is 7.58. The summed E-state index contributed by atoms with van der Waals surface area (Å²) in [6.45, 7) is 2.42. The number of hydrogen-bond acceptors (Lipinski definition) is 4. The number of amides is 3. The Labute approximate surface area is 169 Å². The summed E-state index contributed by atoms with van der Waals surface area (Å²) >= 11 is 0. The van der Waals surface area contributed by atoms with Crippen molar-refractivity contribution in [3.05, 3.63) is 59.9 Å². The average molecular weight is 392 g/mol. The molecule has 1 aromatic heterocycles. The van der Waals surface area contributed by atoms with Crippen LogP contribution in [-0.2, 0) is 19.8 Å². The molecule has 2 unspecified atom stereocenters. The maximum Gasteiger partial charge on any atom is 0.237 e. The Hall–Kier alpha value is -3.22. The van der Waals surface area contributed by atoms with Gasteiger partial charge in [0.05, 0.1) is 6.04 Å². The standard InChI is InChI=1S/C22H24N4O3/c1-15(27)24-12-5-9-19(28)26-13-10-22(20(26)16-6-4-11-23-14-16)17-7-2-3-8-18(17)25-21(22)29/h2-4,6-8,11,14,20H,5,9-10,12-13H2,1H3,(H,24,27)(H,25,29). The van der Waals surface area contributed by atoms with E-state index in [-0.39, 0.29) is 17.7 Å². The first-order valence-electron chi connectivity index (χ1n) is 9.89. The molecule has 2 atom stereocenters. The van der Waals surface area contributed by atoms with E-state index in [1.54, 1.807) is 12.4 Å². The maximum atomic E-state index is 13.2. The van der Waals surface area contributed by atoms with Crippen molar-refractivity contribution in [2.24, 2.45) is 0 Å². The molecule has 0 saturated carbocycles. The molecule has 2 N–H and O–H groups in total. The summed E-state index contributed by atoms with van der Waals surface area (Å²) in [5, 5.41) is 5.73. The number of benzene rings is 1. The van der Waals surface area contributed by atoms with E-state index in [0.29, 0.717) is 32.4 Å². The molecular formula is C22H24N4O3. The largest absolute Gasteiger partial charge is 0.356 e. The van der Waals surface area contributed by atoms with Crippen molar-refractivity contribution in [1.29, 1.82) is 0 Å². The minimum Gasteiger partial charge on any atom is -0.356 e. The molecule has 0 bridgehead atoms. The molecule has 1 fully saturated rings. The van der Waals surface area contributed by atoms with Crippen LogP contribution in [-0.4, -0.2) is 40.7 Å². The molecule has 1 saturated heterocycles. The third-order valence-corrected chi connectivity index (χ3v) is 5.85. The molecule has 7 nitrogen and oxygen atoms in total. The van der Waals surface area contributed by atoms with Crippen molar-refractivity contribution in [2.75, 3.05) is 18.4 Å². The molecule has 3 amide bonds. The third kappa shape index (κ3) is 3.26. The fourth-order valence-electron chi connectivity index (χ4n) is 4.60. The van der Waals surface area contributed by atoms with Crippen LogP contribution in [0.2, 0.25) is 0 Å². The van der Waals surface area contributed by atoms with Gasteiger partial charge in [0, 0.05) is 44.5 Å². The molecule has 29 heavy (non-hydrogen) atoms. The zero-order valence-electron chi connectivity index (χ0n) is 16.4. The van der Waals surface area contributed by atoms with E-state index in [2.05, 4.69) is 15.6 Å². The number of likely N-dealkylation sites (tertiary alicyclic amines) is 1. The number of fused-ring (bicyclic) bond motifs is 2. The average Bonchev–Trinajstić information content (AvgIpc) is 3.25. The lowest BCUT2D eigenvalue weighted by atomic mass is 9.73. The third-order valence-electron chi connectivity index (χ3n) is 5.85. The van der Waals surface area contributed by atoms with Crippen molar-refractivity contribution >= 4 is 23.4 Å². The Morgan fingerprint density at radius 3 is 2.86 bits per heavy atom. The van der Waals surface area contributed by atoms with Crippen LogP contribution in [0.25, 0.3) is 0 Å². The Kier molecular flexibility index (Phi) is 5.05. The highest BCUT2D eigenvalue weighted by atomic mass is 16.2. The minimum atomic E-state index is -0.813. The van der Waals surface area contributed by atoms with E-state index >= 15 is 0 Å². The van der Waals surface area contributed by atoms with E-state index in [1.165, 1.54) is 6.92 Å². The van der Waals surface area contributed by atoms with Gasteiger partial charge in [0.1, 0.15) is 5.41 Å². The summed E-state index contributed by atoms with van der Waals surface area (Å²) in [6.07, 6.45) is 4.87. The molecule has 2 aromatic rings. The SMILES string of the molecule is CC(=O)NCCCC(=O)N1CCC2(C(=O)Nc3ccccc32)C1c1cccnc1. The maximum absolute atomic E-state index is 13.2. The first-order chi connectivity index (χ1) is 14.0. The summed E-state index contributed by atoms with van der Waals surface area (Å²) in [7, 11) is 0. The molecule has 0 aliphatic carbocycles. The van der Waals surface area contributed by atoms with E-state index < -0.39 is 11.5 Å². The molecule has 2 aliphatic heterocycles. The molecule has 0 radical (unpaired) electrons. The molecule has 150 valence electrons. The van der Waals surface area contributed by atoms with Gasteiger partial charge in [-0.15, -0.1) is 0 Å². The molecule has 7 heteroatoms. The fourth-order valence-corrected chi connectivity index (χ4v) is 4.60. The van der Waals surface area contributed by atoms with Gasteiger partial charge in [0.25, 0.3) is 0 Å². The first-order valence-corrected chi connectivity index (χ1v) is 9.89. The number of pyridine rings is 1. The van der Waals surface area contributed by atoms with Crippen LogP contribution < -0.4 is 10.6 Å². The van der Waals surface area contributed by atoms with Crippen LogP contribution in [0.4, 0.5) is 5.69 Å². The Morgan fingerprint density at radius 1 is 1.28 bits per heavy atom. The van der Waals surface area contributed by atoms with Crippen molar-refractivity contribution in [3.63, 3.8) is 0 Å². The zero-order chi connectivity index (χ0) is 20.4. The van der Waals surface area contributed by atoms with E-state index in [9.17, 15) is 14.4 Å². The molecule has 4 rings (SSSR count). The van der Waals surface area contributed by atoms with E-state index in [1.807, 2.05) is 41.3 Å². The van der Waals surface area contributed by atoms with Crippen LogP contribution in [0, 0.1) is 0 Å². The number of hydrogen-bond donors (Lipinski definition) is 2. The highest BCUT2D eigenvalue weighted by molar-refractivity contribution is 6.07. The quantitative estimate of drug-likeness (QED) is 0.763. The van der Waals surface area contributed by atoms with Gasteiger partial charge in [-0.25, -0.2) is 0 Å². The van der Waals surface area contributed by atoms with Crippen LogP contribution in [0.1, 0.15) is 43.4 Å². The number of carbonyl (C=O) groups excluding carboxylic acids is 3. The van der Waals surface area contributed by atoms with Crippen molar-refractivity contribution in [2.45, 2.75) is 37.6 Å². The number of rotatable bonds is 5. The smallest absolute Gasteiger partial charge is 0.237 e. The van der Waals surface area contributed by atoms with E-state index in [4.69, 9.17) is 0 Å². The van der Waals surface area contributed by atoms with Gasteiger partial charge < -0.3 is 15.5 Å². The summed E-state index contributed by atoms with van der Waals surface area (Å²) in [6, 6.07) is 11.1. The Bertz CT molecular complexity index is 946. The lowest BCUT2D eigenvalue weighted by molar-refractivity contribution is -0.133. The number of aromatic nitrogens is 1. The van der Waals surface area contributed by atoms with Crippen molar-refractivity contribution in [3.8, 4) is 0 Å². The van der Waals surface area contributed by atoms with Crippen LogP contribution >= 0.6 is 0 Å². The lowest BCUT2D eigenvalue weighted by Crippen LogP contribution is -2.42. The zero-order valence-corrected chi connectivity index (χ0v) is 16.4. The van der Waals surface area contributed by atoms with Crippen LogP contribution in [0.3, 0.4) is 0 Å². The van der Waals surface area contributed by atoms with Crippen LogP contribution in [0.15, 0.2) is 48.8 Å². The first kappa shape index (κ1) is 19.1. The van der Waals surface area contributed by atoms with Crippen molar-refractivity contribution in [1.82, 2.24) is 15.2 Å². The molecular weight excluding hydrogens is 368 g/mol. The fraction of sp³-hybridized carbons (Fsp3) is 0.364. The number of anilines is 1. The van der Waals surface area contributed by atoms with Gasteiger partial charge >= 0.3 is 0 Å². The number of nitrogens with one attached hydrogen (secondary N) is 2. The summed E-state index contributed by atoms with van der Waals surface area (Å²) in [5.74, 6) is -0.190. The van der Waals surface area contributed by atoms with Crippen LogP contribution in [0.5, 0.6) is 0 Å². The predicted octanol–water partition coefficient (Wildman–Crippen LogP) is 2.16. The highest BCUT2D eigenvalue weighted by Gasteiger charge is 2.59. The van der Waals surface area contributed by atoms with Gasteiger partial charge in [-0.05, 0) is 36.1 Å². The van der Waals surface area contributed by atoms with Gasteiger partial charge in [-0.2, -0.15) is 0 Å². The van der Waals surface area contributed by atoms with Crippen molar-refractivity contribution < 1.29 is 14.4 Å². The second kappa shape index (κ2) is 7.66. The van der Waals surface area contributed by atoms with Gasteiger partial charge in [-0.1, -0.05) is 24.3 Å². The Morgan fingerprint density at radius 2 is 2.10 bits per heavy atom. The molecule has 3 heterocycles. The number of nitrogens with zero attached hydrogens (tertiary/aromatic N) is 2. The van der Waals surface area contributed by atoms with Gasteiger partial charge in [0.2, 0.25) is 17.7 Å². The summed E-state index contributed by atoms with van der Waals surface area (Å²) in [5.41, 5.74) is 1.79. The molecule has 1 aromatic carbocycles. The topological polar surface area (TPSA) is 91.4 Å². The summed E-state index contributed by atoms with van der Waals surface area (Å²) in [4.78, 5) is 43.4. The van der Waals surface area contributed by atoms with Gasteiger partial charge in [-0.3, -0.25) is 19.4 Å². The molecule has 2 aliphatic rings. The predicted molar refractivity (Wildman–Crippen MR) is 108 cm³/mol. The lowest BCUT2D eigenvalue weighted by Gasteiger charge is -2.34. The number of carbonyl (C=O) groups is 3. The normalized spacial score (nSPS) is 22.4. The monoisotopic (exact) mass is 392 g/mol. The highest BCUT2D eigenvalue weighted by Crippen LogP contribution is 2.54. The number of para-hydroxylation sites is 1. The van der Waals surface area contributed by atoms with E-state index in [0.717, 1.165) is 16.8 Å². The molecule has 1 spiro atoms. The second-order valence-corrected chi connectivity index (χ2v) is 7.58. The Balaban J connectivity index is 1.67.